The van der Waals surface area contributed by atoms with E-state index >= 15 is 0 Å². The average molecular weight is 360 g/mol. The minimum Gasteiger partial charge on any atom is -0.493 e. The number of ether oxygens (including phenoxy) is 2. The van der Waals surface area contributed by atoms with E-state index in [9.17, 15) is 4.79 Å². The number of hydrogen-bond donors (Lipinski definition) is 1. The van der Waals surface area contributed by atoms with Crippen LogP contribution in [0.4, 0.5) is 0 Å². The van der Waals surface area contributed by atoms with Gasteiger partial charge in [0.1, 0.15) is 0 Å². The molecular weight excluding hydrogens is 338 g/mol. The van der Waals surface area contributed by atoms with E-state index in [2.05, 4.69) is 5.32 Å². The number of hydrogen-bond acceptors (Lipinski definition) is 3. The van der Waals surface area contributed by atoms with Crippen LogP contribution in [-0.4, -0.2) is 26.7 Å². The van der Waals surface area contributed by atoms with Crippen molar-refractivity contribution in [2.24, 2.45) is 0 Å². The molecule has 0 heterocycles. The first-order valence-corrected chi connectivity index (χ1v) is 8.72. The van der Waals surface area contributed by atoms with Crippen LogP contribution in [0.15, 0.2) is 42.5 Å². The van der Waals surface area contributed by atoms with Crippen LogP contribution >= 0.6 is 11.6 Å². The summed E-state index contributed by atoms with van der Waals surface area (Å²) in [7, 11) is 3.23. The number of carbonyl (C=O) groups is 1. The van der Waals surface area contributed by atoms with Gasteiger partial charge in [0, 0.05) is 11.6 Å². The van der Waals surface area contributed by atoms with Crippen molar-refractivity contribution in [1.29, 1.82) is 0 Å². The molecule has 1 aliphatic rings. The van der Waals surface area contributed by atoms with Crippen molar-refractivity contribution in [3.8, 4) is 11.5 Å². The van der Waals surface area contributed by atoms with Gasteiger partial charge in [0.05, 0.1) is 19.6 Å². The van der Waals surface area contributed by atoms with Crippen molar-refractivity contribution in [3.05, 3.63) is 58.6 Å². The Morgan fingerprint density at radius 2 is 1.88 bits per heavy atom. The third-order valence-corrected chi connectivity index (χ3v) is 4.94. The van der Waals surface area contributed by atoms with Crippen molar-refractivity contribution < 1.29 is 14.3 Å². The Balaban J connectivity index is 1.60. The van der Waals surface area contributed by atoms with Gasteiger partial charge in [0.2, 0.25) is 5.91 Å². The first-order chi connectivity index (χ1) is 12.1. The van der Waals surface area contributed by atoms with Gasteiger partial charge in [-0.1, -0.05) is 29.8 Å². The maximum absolute atomic E-state index is 12.7. The molecule has 4 nitrogen and oxygen atoms in total. The molecule has 1 fully saturated rings. The third-order valence-electron chi connectivity index (χ3n) is 4.71. The van der Waals surface area contributed by atoms with Crippen molar-refractivity contribution >= 4 is 17.5 Å². The molecule has 25 heavy (non-hydrogen) atoms. The van der Waals surface area contributed by atoms with Gasteiger partial charge in [0.15, 0.2) is 11.5 Å². The van der Waals surface area contributed by atoms with E-state index in [4.69, 9.17) is 21.1 Å². The Hall–Kier alpha value is -2.20. The zero-order chi connectivity index (χ0) is 17.9. The Kier molecular flexibility index (Phi) is 5.19. The largest absolute Gasteiger partial charge is 0.493 e. The average Bonchev–Trinajstić information content (AvgIpc) is 3.43. The predicted molar refractivity (Wildman–Crippen MR) is 98.6 cm³/mol. The maximum Gasteiger partial charge on any atom is 0.230 e. The normalized spacial score (nSPS) is 14.7. The number of nitrogens with one attached hydrogen (secondary N) is 1. The zero-order valence-electron chi connectivity index (χ0n) is 14.5. The molecule has 0 radical (unpaired) electrons. The van der Waals surface area contributed by atoms with Gasteiger partial charge in [-0.15, -0.1) is 0 Å². The number of methoxy groups -OCH3 is 2. The molecule has 2 aromatic carbocycles. The fourth-order valence-corrected chi connectivity index (χ4v) is 3.27. The van der Waals surface area contributed by atoms with E-state index in [0.29, 0.717) is 23.1 Å². The summed E-state index contributed by atoms with van der Waals surface area (Å²) in [6.45, 7) is 0.580. The minimum atomic E-state index is -0.400. The second-order valence-corrected chi connectivity index (χ2v) is 6.72. The molecule has 0 saturated heterocycles. The van der Waals surface area contributed by atoms with Gasteiger partial charge < -0.3 is 14.8 Å². The molecule has 1 saturated carbocycles. The lowest BCUT2D eigenvalue weighted by atomic mass is 9.95. The van der Waals surface area contributed by atoms with Gasteiger partial charge in [-0.3, -0.25) is 4.79 Å². The fraction of sp³-hybridized carbons (Fsp3) is 0.350. The fourth-order valence-electron chi connectivity index (χ4n) is 3.08. The summed E-state index contributed by atoms with van der Waals surface area (Å²) >= 11 is 6.07. The monoisotopic (exact) mass is 359 g/mol. The smallest absolute Gasteiger partial charge is 0.230 e. The first kappa shape index (κ1) is 17.6. The van der Waals surface area contributed by atoms with E-state index in [-0.39, 0.29) is 5.91 Å². The summed E-state index contributed by atoms with van der Waals surface area (Å²) < 4.78 is 10.6. The second kappa shape index (κ2) is 7.36. The Morgan fingerprint density at radius 3 is 2.52 bits per heavy atom. The molecule has 0 unspecified atom stereocenters. The highest BCUT2D eigenvalue weighted by atomic mass is 35.5. The van der Waals surface area contributed by atoms with Crippen LogP contribution < -0.4 is 14.8 Å². The Morgan fingerprint density at radius 1 is 1.12 bits per heavy atom. The van der Waals surface area contributed by atoms with E-state index in [1.54, 1.807) is 14.2 Å². The number of rotatable bonds is 7. The van der Waals surface area contributed by atoms with Crippen molar-refractivity contribution in [2.75, 3.05) is 20.8 Å². The predicted octanol–water partition coefficient (Wildman–Crippen LogP) is 3.75. The molecule has 1 N–H and O–H groups in total. The van der Waals surface area contributed by atoms with Gasteiger partial charge in [-0.25, -0.2) is 0 Å². The highest BCUT2D eigenvalue weighted by Crippen LogP contribution is 2.48. The lowest BCUT2D eigenvalue weighted by Gasteiger charge is -2.16. The molecule has 0 aliphatic heterocycles. The van der Waals surface area contributed by atoms with Crippen LogP contribution in [0.25, 0.3) is 0 Å². The van der Waals surface area contributed by atoms with E-state index in [1.165, 1.54) is 0 Å². The number of benzene rings is 2. The van der Waals surface area contributed by atoms with Crippen LogP contribution in [0.3, 0.4) is 0 Å². The third kappa shape index (κ3) is 3.74. The van der Waals surface area contributed by atoms with E-state index in [0.717, 1.165) is 30.4 Å². The minimum absolute atomic E-state index is 0.0789. The Bertz CT molecular complexity index is 771. The topological polar surface area (TPSA) is 47.6 Å². The van der Waals surface area contributed by atoms with Gasteiger partial charge >= 0.3 is 0 Å². The quantitative estimate of drug-likeness (QED) is 0.819. The molecule has 2 aromatic rings. The Labute approximate surface area is 153 Å². The van der Waals surface area contributed by atoms with Gasteiger partial charge in [-0.05, 0) is 54.7 Å². The second-order valence-electron chi connectivity index (χ2n) is 6.29. The first-order valence-electron chi connectivity index (χ1n) is 8.34. The summed E-state index contributed by atoms with van der Waals surface area (Å²) in [5, 5.41) is 3.73. The van der Waals surface area contributed by atoms with Crippen molar-refractivity contribution in [3.63, 3.8) is 0 Å². The highest BCUT2D eigenvalue weighted by Gasteiger charge is 2.51. The summed E-state index contributed by atoms with van der Waals surface area (Å²) in [5.41, 5.74) is 1.69. The van der Waals surface area contributed by atoms with E-state index < -0.39 is 5.41 Å². The molecule has 0 bridgehead atoms. The van der Waals surface area contributed by atoms with Crippen LogP contribution in [0.2, 0.25) is 5.02 Å². The SMILES string of the molecule is COc1ccc(CCNC(=O)C2(c3cccc(Cl)c3)CC2)cc1OC. The molecule has 0 atom stereocenters. The number of carbonyl (C=O) groups excluding carboxylic acids is 1. The van der Waals surface area contributed by atoms with Gasteiger partial charge in [-0.2, -0.15) is 0 Å². The molecule has 132 valence electrons. The molecule has 0 spiro atoms. The van der Waals surface area contributed by atoms with Crippen LogP contribution in [0.1, 0.15) is 24.0 Å². The lowest BCUT2D eigenvalue weighted by molar-refractivity contribution is -0.123. The molecule has 3 rings (SSSR count). The van der Waals surface area contributed by atoms with Crippen molar-refractivity contribution in [2.45, 2.75) is 24.7 Å². The molecule has 5 heteroatoms. The molecular formula is C20H22ClNO3. The van der Waals surface area contributed by atoms with Crippen LogP contribution in [0, 0.1) is 0 Å². The molecule has 1 amide bonds. The number of amides is 1. The van der Waals surface area contributed by atoms with Crippen molar-refractivity contribution in [1.82, 2.24) is 5.32 Å². The summed E-state index contributed by atoms with van der Waals surface area (Å²) in [6.07, 6.45) is 2.47. The highest BCUT2D eigenvalue weighted by molar-refractivity contribution is 6.30. The maximum atomic E-state index is 12.7. The molecule has 0 aromatic heterocycles. The summed E-state index contributed by atoms with van der Waals surface area (Å²) in [5.74, 6) is 1.48. The van der Waals surface area contributed by atoms with Crippen LogP contribution in [-0.2, 0) is 16.6 Å². The standard InChI is InChI=1S/C20H22ClNO3/c1-24-17-7-6-14(12-18(17)25-2)8-11-22-19(23)20(9-10-20)15-4-3-5-16(21)13-15/h3-7,12-13H,8-11H2,1-2H3,(H,22,23). The molecule has 1 aliphatic carbocycles. The lowest BCUT2D eigenvalue weighted by Crippen LogP contribution is -2.35. The number of halogens is 1. The van der Waals surface area contributed by atoms with Gasteiger partial charge in [0.25, 0.3) is 0 Å². The van der Waals surface area contributed by atoms with E-state index in [1.807, 2.05) is 42.5 Å². The zero-order valence-corrected chi connectivity index (χ0v) is 15.2. The summed E-state index contributed by atoms with van der Waals surface area (Å²) in [6, 6.07) is 13.4. The summed E-state index contributed by atoms with van der Waals surface area (Å²) in [4.78, 5) is 12.7. The van der Waals surface area contributed by atoms with Crippen LogP contribution in [0.5, 0.6) is 11.5 Å².